The van der Waals surface area contributed by atoms with Crippen LogP contribution in [0.25, 0.3) is 0 Å². The highest BCUT2D eigenvalue weighted by Gasteiger charge is 2.54. The lowest BCUT2D eigenvalue weighted by atomic mass is 9.77. The first-order valence-corrected chi connectivity index (χ1v) is 6.91. The van der Waals surface area contributed by atoms with Crippen molar-refractivity contribution in [1.29, 1.82) is 0 Å². The van der Waals surface area contributed by atoms with Crippen molar-refractivity contribution in [1.82, 2.24) is 4.98 Å². The van der Waals surface area contributed by atoms with Gasteiger partial charge >= 0.3 is 19.3 Å². The third-order valence-electron chi connectivity index (χ3n) is 4.10. The Kier molecular flexibility index (Phi) is 4.23. The van der Waals surface area contributed by atoms with E-state index < -0.39 is 41.9 Å². The fourth-order valence-electron chi connectivity index (χ4n) is 2.08. The molecule has 1 aliphatic rings. The fourth-order valence-corrected chi connectivity index (χ4v) is 2.08. The zero-order valence-corrected chi connectivity index (χ0v) is 13.4. The summed E-state index contributed by atoms with van der Waals surface area (Å²) in [5, 5.41) is 0. The van der Waals surface area contributed by atoms with Crippen LogP contribution >= 0.6 is 0 Å². The van der Waals surface area contributed by atoms with Gasteiger partial charge in [0.1, 0.15) is 11.4 Å². The number of methoxy groups -OCH3 is 1. The zero-order valence-electron chi connectivity index (χ0n) is 13.4. The third-order valence-corrected chi connectivity index (χ3v) is 4.10. The van der Waals surface area contributed by atoms with Gasteiger partial charge in [-0.05, 0) is 33.8 Å². The van der Waals surface area contributed by atoms with Crippen LogP contribution in [0.15, 0.2) is 12.1 Å². The summed E-state index contributed by atoms with van der Waals surface area (Å²) < 4.78 is 55.6. The molecule has 0 bridgehead atoms. The lowest BCUT2D eigenvalue weighted by molar-refractivity contribution is -0.140. The number of esters is 1. The number of hydrogen-bond donors (Lipinski definition) is 0. The Morgan fingerprint density at radius 3 is 2.13 bits per heavy atom. The van der Waals surface area contributed by atoms with Crippen LogP contribution in [-0.2, 0) is 20.2 Å². The molecule has 5 nitrogen and oxygen atoms in total. The third kappa shape index (κ3) is 3.21. The van der Waals surface area contributed by atoms with E-state index in [9.17, 15) is 18.0 Å². The molecule has 0 unspecified atom stereocenters. The quantitative estimate of drug-likeness (QED) is 0.614. The molecule has 9 heteroatoms. The summed E-state index contributed by atoms with van der Waals surface area (Å²) in [5.74, 6) is -0.948. The monoisotopic (exact) mass is 331 g/mol. The maximum Gasteiger partial charge on any atom is 0.497 e. The molecule has 0 aromatic carbocycles. The molecular weight excluding hydrogens is 314 g/mol. The molecule has 0 atom stereocenters. The first kappa shape index (κ1) is 17.7. The van der Waals surface area contributed by atoms with Gasteiger partial charge in [0.25, 0.3) is 0 Å². The number of carbonyl (C=O) groups excluding carboxylic acids is 1. The van der Waals surface area contributed by atoms with Gasteiger partial charge in [-0.25, -0.2) is 9.78 Å². The Hall–Kier alpha value is -1.61. The summed E-state index contributed by atoms with van der Waals surface area (Å²) in [7, 11) is -0.157. The summed E-state index contributed by atoms with van der Waals surface area (Å²) >= 11 is 0. The maximum absolute atomic E-state index is 13.3. The average Bonchev–Trinajstić information content (AvgIpc) is 2.65. The van der Waals surface area contributed by atoms with Crippen molar-refractivity contribution in [2.45, 2.75) is 45.1 Å². The lowest BCUT2D eigenvalue weighted by Gasteiger charge is -2.32. The van der Waals surface area contributed by atoms with Crippen LogP contribution in [0.3, 0.4) is 0 Å². The van der Waals surface area contributed by atoms with E-state index in [1.165, 1.54) is 0 Å². The Morgan fingerprint density at radius 1 is 1.17 bits per heavy atom. The Labute approximate surface area is 132 Å². The summed E-state index contributed by atoms with van der Waals surface area (Å²) in [6.07, 6.45) is -4.76. The van der Waals surface area contributed by atoms with Gasteiger partial charge < -0.3 is 14.0 Å². The van der Waals surface area contributed by atoms with Crippen LogP contribution in [-0.4, -0.2) is 36.4 Å². The number of ether oxygens (including phenoxy) is 1. The van der Waals surface area contributed by atoms with Crippen molar-refractivity contribution in [2.24, 2.45) is 0 Å². The second kappa shape index (κ2) is 5.49. The van der Waals surface area contributed by atoms with Crippen LogP contribution in [0.5, 0.6) is 0 Å². The summed E-state index contributed by atoms with van der Waals surface area (Å²) in [6.45, 7) is 6.93. The van der Waals surface area contributed by atoms with Crippen LogP contribution in [0.2, 0.25) is 0 Å². The number of pyridine rings is 1. The number of carbonyl (C=O) groups is 1. The van der Waals surface area contributed by atoms with Gasteiger partial charge in [-0.15, -0.1) is 0 Å². The Balaban J connectivity index is 2.50. The van der Waals surface area contributed by atoms with Crippen molar-refractivity contribution >= 4 is 18.6 Å². The molecule has 1 fully saturated rings. The predicted molar refractivity (Wildman–Crippen MR) is 76.3 cm³/mol. The molecule has 0 aliphatic carbocycles. The van der Waals surface area contributed by atoms with E-state index in [0.29, 0.717) is 0 Å². The number of rotatable bonds is 2. The molecule has 1 aromatic rings. The second-order valence-electron chi connectivity index (χ2n) is 6.21. The van der Waals surface area contributed by atoms with Crippen LogP contribution in [0.4, 0.5) is 13.2 Å². The standard InChI is InChI=1S/C14H17BF3NO4/c1-12(2)13(3,4)23-15(22-12)8-6-7-9(11(20)21-5)19-10(8)14(16,17)18/h6-7H,1-5H3. The van der Waals surface area contributed by atoms with Crippen molar-refractivity contribution in [3.63, 3.8) is 0 Å². The number of aromatic nitrogens is 1. The normalized spacial score (nSPS) is 19.7. The molecular formula is C14H17BF3NO4. The number of nitrogens with zero attached hydrogens (tertiary/aromatic N) is 1. The molecule has 1 aliphatic heterocycles. The summed E-state index contributed by atoms with van der Waals surface area (Å²) in [6, 6.07) is 2.28. The maximum atomic E-state index is 13.3. The van der Waals surface area contributed by atoms with E-state index in [2.05, 4.69) is 9.72 Å². The van der Waals surface area contributed by atoms with E-state index in [0.717, 1.165) is 19.2 Å². The smallest absolute Gasteiger partial charge is 0.464 e. The molecule has 2 rings (SSSR count). The molecule has 0 radical (unpaired) electrons. The first-order valence-electron chi connectivity index (χ1n) is 6.91. The largest absolute Gasteiger partial charge is 0.497 e. The van der Waals surface area contributed by atoms with Crippen molar-refractivity contribution in [2.75, 3.05) is 7.11 Å². The van der Waals surface area contributed by atoms with Crippen LogP contribution in [0, 0.1) is 0 Å². The lowest BCUT2D eigenvalue weighted by Crippen LogP contribution is -2.41. The summed E-state index contributed by atoms with van der Waals surface area (Å²) in [5.41, 5.74) is -3.51. The highest BCUT2D eigenvalue weighted by molar-refractivity contribution is 6.62. The topological polar surface area (TPSA) is 57.7 Å². The molecule has 126 valence electrons. The van der Waals surface area contributed by atoms with Gasteiger partial charge in [0, 0.05) is 5.46 Å². The Bertz CT molecular complexity index is 615. The highest BCUT2D eigenvalue weighted by Crippen LogP contribution is 2.37. The first-order chi connectivity index (χ1) is 10.4. The predicted octanol–water partition coefficient (Wildman–Crippen LogP) is 2.19. The minimum Gasteiger partial charge on any atom is -0.464 e. The number of alkyl halides is 3. The Morgan fingerprint density at radius 2 is 1.70 bits per heavy atom. The molecule has 0 N–H and O–H groups in total. The molecule has 23 heavy (non-hydrogen) atoms. The molecule has 0 amide bonds. The molecule has 0 saturated carbocycles. The molecule has 0 spiro atoms. The van der Waals surface area contributed by atoms with E-state index >= 15 is 0 Å². The van der Waals surface area contributed by atoms with Crippen molar-refractivity contribution in [3.05, 3.63) is 23.5 Å². The van der Waals surface area contributed by atoms with Gasteiger partial charge in [0.2, 0.25) is 0 Å². The van der Waals surface area contributed by atoms with Gasteiger partial charge in [-0.1, -0.05) is 6.07 Å². The van der Waals surface area contributed by atoms with Crippen molar-refractivity contribution < 1.29 is 32.0 Å². The van der Waals surface area contributed by atoms with Gasteiger partial charge in [0.05, 0.1) is 18.3 Å². The van der Waals surface area contributed by atoms with E-state index in [1.54, 1.807) is 27.7 Å². The molecule has 2 heterocycles. The van der Waals surface area contributed by atoms with Gasteiger partial charge in [0.15, 0.2) is 0 Å². The SMILES string of the molecule is COC(=O)c1ccc(B2OC(C)(C)C(C)(C)O2)c(C(F)(F)F)n1. The minimum absolute atomic E-state index is 0.274. The van der Waals surface area contributed by atoms with Gasteiger partial charge in [-0.2, -0.15) is 13.2 Å². The second-order valence-corrected chi connectivity index (χ2v) is 6.21. The van der Waals surface area contributed by atoms with Crippen LogP contribution in [0.1, 0.15) is 43.9 Å². The van der Waals surface area contributed by atoms with E-state index in [1.807, 2.05) is 0 Å². The highest BCUT2D eigenvalue weighted by atomic mass is 19.4. The molecule has 1 aromatic heterocycles. The summed E-state index contributed by atoms with van der Waals surface area (Å²) in [4.78, 5) is 14.8. The number of hydrogen-bond acceptors (Lipinski definition) is 5. The molecule has 1 saturated heterocycles. The van der Waals surface area contributed by atoms with Crippen LogP contribution < -0.4 is 5.46 Å². The van der Waals surface area contributed by atoms with Gasteiger partial charge in [-0.3, -0.25) is 0 Å². The fraction of sp³-hybridized carbons (Fsp3) is 0.571. The number of halogens is 3. The van der Waals surface area contributed by atoms with E-state index in [4.69, 9.17) is 9.31 Å². The minimum atomic E-state index is -4.76. The average molecular weight is 331 g/mol. The van der Waals surface area contributed by atoms with Crippen molar-refractivity contribution in [3.8, 4) is 0 Å². The van der Waals surface area contributed by atoms with E-state index in [-0.39, 0.29) is 5.46 Å². The zero-order chi connectivity index (χ0) is 17.6.